The minimum atomic E-state index is -0.313. The summed E-state index contributed by atoms with van der Waals surface area (Å²) in [7, 11) is 0. The molecule has 1 aromatic rings. The zero-order chi connectivity index (χ0) is 13.7. The molecule has 4 heteroatoms. The minimum absolute atomic E-state index is 0.181. The van der Waals surface area contributed by atoms with Gasteiger partial charge in [0.2, 0.25) is 0 Å². The highest BCUT2D eigenvalue weighted by Crippen LogP contribution is 2.08. The summed E-state index contributed by atoms with van der Waals surface area (Å²) in [6, 6.07) is 9.72. The Hall–Kier alpha value is -2.36. The SMILES string of the molecule is CCN1CNC(=O)C(=CC=Cc2ccccc2)C1=O. The molecule has 0 radical (unpaired) electrons. The average Bonchev–Trinajstić information content (AvgIpc) is 2.44. The zero-order valence-electron chi connectivity index (χ0n) is 10.8. The van der Waals surface area contributed by atoms with Crippen LogP contribution in [0.4, 0.5) is 0 Å². The Balaban J connectivity index is 2.15. The third-order valence-corrected chi connectivity index (χ3v) is 2.93. The molecule has 1 saturated heterocycles. The second-order valence-corrected chi connectivity index (χ2v) is 4.18. The van der Waals surface area contributed by atoms with Gasteiger partial charge in [-0.25, -0.2) is 0 Å². The smallest absolute Gasteiger partial charge is 0.260 e. The van der Waals surface area contributed by atoms with E-state index in [9.17, 15) is 9.59 Å². The lowest BCUT2D eigenvalue weighted by atomic mass is 10.1. The first-order chi connectivity index (χ1) is 9.22. The van der Waals surface area contributed by atoms with Crippen molar-refractivity contribution < 1.29 is 9.59 Å². The van der Waals surface area contributed by atoms with Gasteiger partial charge in [-0.15, -0.1) is 0 Å². The molecule has 0 atom stereocenters. The summed E-state index contributed by atoms with van der Waals surface area (Å²) >= 11 is 0. The molecular weight excluding hydrogens is 240 g/mol. The number of allylic oxidation sites excluding steroid dienone is 2. The number of likely N-dealkylation sites (N-methyl/N-ethyl adjacent to an activating group) is 1. The van der Waals surface area contributed by atoms with Gasteiger partial charge in [0.1, 0.15) is 5.57 Å². The van der Waals surface area contributed by atoms with Crippen molar-refractivity contribution in [2.45, 2.75) is 6.92 Å². The quantitative estimate of drug-likeness (QED) is 0.659. The highest BCUT2D eigenvalue weighted by atomic mass is 16.2. The van der Waals surface area contributed by atoms with Crippen molar-refractivity contribution in [3.8, 4) is 0 Å². The van der Waals surface area contributed by atoms with Gasteiger partial charge in [-0.2, -0.15) is 0 Å². The van der Waals surface area contributed by atoms with Gasteiger partial charge >= 0.3 is 0 Å². The van der Waals surface area contributed by atoms with E-state index < -0.39 is 0 Å². The lowest BCUT2D eigenvalue weighted by Gasteiger charge is -2.27. The predicted octanol–water partition coefficient (Wildman–Crippen LogP) is 1.56. The van der Waals surface area contributed by atoms with Crippen molar-refractivity contribution in [2.24, 2.45) is 0 Å². The van der Waals surface area contributed by atoms with Crippen LogP contribution in [0.3, 0.4) is 0 Å². The first-order valence-electron chi connectivity index (χ1n) is 6.23. The van der Waals surface area contributed by atoms with Crippen LogP contribution in [0.2, 0.25) is 0 Å². The molecule has 0 aromatic heterocycles. The van der Waals surface area contributed by atoms with Gasteiger partial charge in [0, 0.05) is 6.54 Å². The molecule has 1 fully saturated rings. The summed E-state index contributed by atoms with van der Waals surface area (Å²) in [6.07, 6.45) is 5.15. The summed E-state index contributed by atoms with van der Waals surface area (Å²) in [6.45, 7) is 2.75. The van der Waals surface area contributed by atoms with Crippen LogP contribution < -0.4 is 5.32 Å². The van der Waals surface area contributed by atoms with Crippen LogP contribution in [0.15, 0.2) is 48.1 Å². The molecule has 2 rings (SSSR count). The van der Waals surface area contributed by atoms with Crippen LogP contribution in [0.25, 0.3) is 6.08 Å². The van der Waals surface area contributed by atoms with Crippen LogP contribution in [0.5, 0.6) is 0 Å². The zero-order valence-corrected chi connectivity index (χ0v) is 10.8. The van der Waals surface area contributed by atoms with Crippen LogP contribution in [0, 0.1) is 0 Å². The summed E-state index contributed by atoms with van der Waals surface area (Å²) < 4.78 is 0. The predicted molar refractivity (Wildman–Crippen MR) is 74.0 cm³/mol. The van der Waals surface area contributed by atoms with Crippen LogP contribution in [-0.4, -0.2) is 29.9 Å². The van der Waals surface area contributed by atoms with Crippen LogP contribution >= 0.6 is 0 Å². The van der Waals surface area contributed by atoms with E-state index in [-0.39, 0.29) is 24.1 Å². The van der Waals surface area contributed by atoms with E-state index >= 15 is 0 Å². The Morgan fingerprint density at radius 3 is 2.68 bits per heavy atom. The van der Waals surface area contributed by atoms with E-state index in [0.717, 1.165) is 5.56 Å². The van der Waals surface area contributed by atoms with Gasteiger partial charge in [-0.1, -0.05) is 42.5 Å². The molecule has 1 heterocycles. The second kappa shape index (κ2) is 6.00. The van der Waals surface area contributed by atoms with Gasteiger partial charge in [-0.3, -0.25) is 9.59 Å². The first kappa shape index (κ1) is 13.1. The number of nitrogens with zero attached hydrogens (tertiary/aromatic N) is 1. The normalized spacial score (nSPS) is 18.2. The lowest BCUT2D eigenvalue weighted by Crippen LogP contribution is -2.50. The number of benzene rings is 1. The van der Waals surface area contributed by atoms with Gasteiger partial charge in [0.05, 0.1) is 6.67 Å². The molecule has 1 aliphatic rings. The van der Waals surface area contributed by atoms with Crippen molar-refractivity contribution in [2.75, 3.05) is 13.2 Å². The molecule has 98 valence electrons. The maximum atomic E-state index is 12.0. The maximum Gasteiger partial charge on any atom is 0.260 e. The van der Waals surface area contributed by atoms with Crippen LogP contribution in [-0.2, 0) is 9.59 Å². The number of hydrogen-bond acceptors (Lipinski definition) is 2. The molecule has 1 aliphatic heterocycles. The number of carbonyl (C=O) groups is 2. The number of carbonyl (C=O) groups excluding carboxylic acids is 2. The van der Waals surface area contributed by atoms with Crippen molar-refractivity contribution >= 4 is 17.9 Å². The Labute approximate surface area is 112 Å². The number of rotatable bonds is 3. The largest absolute Gasteiger partial charge is 0.334 e. The molecule has 1 N–H and O–H groups in total. The fourth-order valence-corrected chi connectivity index (χ4v) is 1.82. The molecule has 0 unspecified atom stereocenters. The molecular formula is C15H16N2O2. The van der Waals surface area contributed by atoms with E-state index in [1.165, 1.54) is 0 Å². The first-order valence-corrected chi connectivity index (χ1v) is 6.23. The second-order valence-electron chi connectivity index (χ2n) is 4.18. The molecule has 2 amide bonds. The summed E-state index contributed by atoms with van der Waals surface area (Å²) in [5.41, 5.74) is 1.20. The van der Waals surface area contributed by atoms with E-state index in [0.29, 0.717) is 6.54 Å². The van der Waals surface area contributed by atoms with E-state index in [4.69, 9.17) is 0 Å². The van der Waals surface area contributed by atoms with Crippen molar-refractivity contribution in [1.82, 2.24) is 10.2 Å². The standard InChI is InChI=1S/C15H16N2O2/c1-2-17-11-16-14(18)13(15(17)19)10-6-9-12-7-4-3-5-8-12/h3-10H,2,11H2,1H3,(H,16,18). The third kappa shape index (κ3) is 3.10. The fraction of sp³-hybridized carbons (Fsp3) is 0.200. The van der Waals surface area contributed by atoms with E-state index in [1.807, 2.05) is 43.3 Å². The molecule has 4 nitrogen and oxygen atoms in total. The number of hydrogen-bond donors (Lipinski definition) is 1. The highest BCUT2D eigenvalue weighted by molar-refractivity contribution is 6.20. The Morgan fingerprint density at radius 2 is 2.00 bits per heavy atom. The molecule has 0 aliphatic carbocycles. The van der Waals surface area contributed by atoms with Gasteiger partial charge in [0.15, 0.2) is 0 Å². The van der Waals surface area contributed by atoms with Crippen molar-refractivity contribution in [3.63, 3.8) is 0 Å². The third-order valence-electron chi connectivity index (χ3n) is 2.93. The highest BCUT2D eigenvalue weighted by Gasteiger charge is 2.27. The van der Waals surface area contributed by atoms with E-state index in [2.05, 4.69) is 5.32 Å². The van der Waals surface area contributed by atoms with Gasteiger partial charge < -0.3 is 10.2 Å². The summed E-state index contributed by atoms with van der Waals surface area (Å²) in [4.78, 5) is 25.2. The monoisotopic (exact) mass is 256 g/mol. The molecule has 1 aromatic carbocycles. The minimum Gasteiger partial charge on any atom is -0.334 e. The maximum absolute atomic E-state index is 12.0. The van der Waals surface area contributed by atoms with Gasteiger partial charge in [0.25, 0.3) is 11.8 Å². The molecule has 0 saturated carbocycles. The van der Waals surface area contributed by atoms with Gasteiger partial charge in [-0.05, 0) is 18.6 Å². The average molecular weight is 256 g/mol. The number of nitrogens with one attached hydrogen (secondary N) is 1. The summed E-state index contributed by atoms with van der Waals surface area (Å²) in [5.74, 6) is -0.531. The van der Waals surface area contributed by atoms with Crippen molar-refractivity contribution in [3.05, 3.63) is 53.6 Å². The van der Waals surface area contributed by atoms with E-state index in [1.54, 1.807) is 17.1 Å². The lowest BCUT2D eigenvalue weighted by molar-refractivity contribution is -0.134. The topological polar surface area (TPSA) is 49.4 Å². The molecule has 0 bridgehead atoms. The molecule has 0 spiro atoms. The Bertz CT molecular complexity index is 532. The Kier molecular flexibility index (Phi) is 4.13. The fourth-order valence-electron chi connectivity index (χ4n) is 1.82. The number of amides is 2. The summed E-state index contributed by atoms with van der Waals surface area (Å²) in [5, 5.41) is 2.68. The van der Waals surface area contributed by atoms with Crippen LogP contribution in [0.1, 0.15) is 12.5 Å². The van der Waals surface area contributed by atoms with Crippen molar-refractivity contribution in [1.29, 1.82) is 0 Å². The molecule has 19 heavy (non-hydrogen) atoms. The Morgan fingerprint density at radius 1 is 1.26 bits per heavy atom.